The second-order valence-electron chi connectivity index (χ2n) is 4.14. The van der Waals surface area contributed by atoms with Gasteiger partial charge in [-0.25, -0.2) is 0 Å². The molecule has 82 valence electrons. The molecule has 1 fully saturated rings. The summed E-state index contributed by atoms with van der Waals surface area (Å²) < 4.78 is 12.4. The summed E-state index contributed by atoms with van der Waals surface area (Å²) >= 11 is 0. The van der Waals surface area contributed by atoms with Gasteiger partial charge >= 0.3 is 0 Å². The third kappa shape index (κ3) is 2.22. The molecule has 0 spiro atoms. The zero-order valence-corrected chi connectivity index (χ0v) is 8.82. The Morgan fingerprint density at radius 2 is 1.93 bits per heavy atom. The second kappa shape index (κ2) is 4.51. The SMILES string of the molecule is Nc1ccccc1N1CCC(CF)CC1. The Bertz CT molecular complexity index is 319. The Labute approximate surface area is 89.9 Å². The quantitative estimate of drug-likeness (QED) is 0.756. The summed E-state index contributed by atoms with van der Waals surface area (Å²) in [7, 11) is 0. The van der Waals surface area contributed by atoms with Crippen LogP contribution < -0.4 is 10.6 Å². The van der Waals surface area contributed by atoms with Gasteiger partial charge in [-0.05, 0) is 30.9 Å². The van der Waals surface area contributed by atoms with Gasteiger partial charge in [0.05, 0.1) is 18.0 Å². The molecule has 3 heteroatoms. The standard InChI is InChI=1S/C12H17FN2/c13-9-10-5-7-15(8-6-10)12-4-2-1-3-11(12)14/h1-4,10H,5-9,14H2. The number of halogens is 1. The summed E-state index contributed by atoms with van der Waals surface area (Å²) in [5.41, 5.74) is 7.81. The summed E-state index contributed by atoms with van der Waals surface area (Å²) in [5.74, 6) is 0.256. The predicted molar refractivity (Wildman–Crippen MR) is 61.8 cm³/mol. The van der Waals surface area contributed by atoms with Gasteiger partial charge in [0.25, 0.3) is 0 Å². The fourth-order valence-electron chi connectivity index (χ4n) is 2.10. The van der Waals surface area contributed by atoms with Crippen molar-refractivity contribution in [3.05, 3.63) is 24.3 Å². The van der Waals surface area contributed by atoms with Crippen LogP contribution in [-0.2, 0) is 0 Å². The maximum absolute atomic E-state index is 12.4. The molecule has 0 saturated carbocycles. The molecule has 2 N–H and O–H groups in total. The van der Waals surface area contributed by atoms with Gasteiger partial charge in [0, 0.05) is 13.1 Å². The van der Waals surface area contributed by atoms with E-state index in [0.717, 1.165) is 37.3 Å². The van der Waals surface area contributed by atoms with Crippen LogP contribution in [0.5, 0.6) is 0 Å². The molecule has 1 saturated heterocycles. The fraction of sp³-hybridized carbons (Fsp3) is 0.500. The van der Waals surface area contributed by atoms with E-state index < -0.39 is 0 Å². The monoisotopic (exact) mass is 208 g/mol. The zero-order valence-electron chi connectivity index (χ0n) is 8.82. The van der Waals surface area contributed by atoms with Crippen molar-refractivity contribution < 1.29 is 4.39 Å². The highest BCUT2D eigenvalue weighted by atomic mass is 19.1. The first-order valence-corrected chi connectivity index (χ1v) is 5.46. The van der Waals surface area contributed by atoms with Crippen LogP contribution in [0.1, 0.15) is 12.8 Å². The molecule has 1 aliphatic heterocycles. The van der Waals surface area contributed by atoms with Gasteiger partial charge in [-0.3, -0.25) is 4.39 Å². The van der Waals surface area contributed by atoms with Crippen LogP contribution in [0, 0.1) is 5.92 Å². The van der Waals surface area contributed by atoms with E-state index in [0.29, 0.717) is 0 Å². The number of hydrogen-bond donors (Lipinski definition) is 1. The maximum Gasteiger partial charge on any atom is 0.0923 e. The number of para-hydroxylation sites is 2. The van der Waals surface area contributed by atoms with Gasteiger partial charge in [0.1, 0.15) is 0 Å². The first-order chi connectivity index (χ1) is 7.31. The van der Waals surface area contributed by atoms with Crippen molar-refractivity contribution in [1.82, 2.24) is 0 Å². The lowest BCUT2D eigenvalue weighted by Crippen LogP contribution is -2.34. The van der Waals surface area contributed by atoms with Crippen molar-refractivity contribution in [2.24, 2.45) is 5.92 Å². The average molecular weight is 208 g/mol. The molecule has 0 radical (unpaired) electrons. The molecular formula is C12H17FN2. The lowest BCUT2D eigenvalue weighted by molar-refractivity contribution is 0.307. The molecule has 1 aliphatic rings. The molecule has 0 unspecified atom stereocenters. The Hall–Kier alpha value is -1.25. The van der Waals surface area contributed by atoms with Crippen LogP contribution in [-0.4, -0.2) is 19.8 Å². The van der Waals surface area contributed by atoms with E-state index in [1.807, 2.05) is 24.3 Å². The van der Waals surface area contributed by atoms with Gasteiger partial charge < -0.3 is 10.6 Å². The van der Waals surface area contributed by atoms with Crippen molar-refractivity contribution >= 4 is 11.4 Å². The number of anilines is 2. The number of nitrogen functional groups attached to an aromatic ring is 1. The normalized spacial score (nSPS) is 18.1. The lowest BCUT2D eigenvalue weighted by Gasteiger charge is -2.33. The predicted octanol–water partition coefficient (Wildman–Crippen LogP) is 2.45. The van der Waals surface area contributed by atoms with Crippen LogP contribution in [0.15, 0.2) is 24.3 Å². The van der Waals surface area contributed by atoms with Crippen LogP contribution >= 0.6 is 0 Å². The van der Waals surface area contributed by atoms with Gasteiger partial charge in [0.2, 0.25) is 0 Å². The maximum atomic E-state index is 12.4. The van der Waals surface area contributed by atoms with Crippen LogP contribution in [0.25, 0.3) is 0 Å². The lowest BCUT2D eigenvalue weighted by atomic mass is 9.98. The van der Waals surface area contributed by atoms with Crippen LogP contribution in [0.2, 0.25) is 0 Å². The molecule has 1 aromatic rings. The summed E-state index contributed by atoms with van der Waals surface area (Å²) in [4.78, 5) is 2.25. The van der Waals surface area contributed by atoms with Gasteiger partial charge in [-0.15, -0.1) is 0 Å². The summed E-state index contributed by atoms with van der Waals surface area (Å²) in [6, 6.07) is 7.88. The smallest absolute Gasteiger partial charge is 0.0923 e. The van der Waals surface area contributed by atoms with Crippen molar-refractivity contribution in [2.75, 3.05) is 30.4 Å². The minimum absolute atomic E-state index is 0.182. The minimum Gasteiger partial charge on any atom is -0.397 e. The fourth-order valence-corrected chi connectivity index (χ4v) is 2.10. The minimum atomic E-state index is -0.182. The Morgan fingerprint density at radius 3 is 2.53 bits per heavy atom. The van der Waals surface area contributed by atoms with Crippen LogP contribution in [0.4, 0.5) is 15.8 Å². The first-order valence-electron chi connectivity index (χ1n) is 5.46. The highest BCUT2D eigenvalue weighted by molar-refractivity contribution is 5.67. The first kappa shape index (κ1) is 10.3. The average Bonchev–Trinajstić information content (AvgIpc) is 2.30. The van der Waals surface area contributed by atoms with Crippen molar-refractivity contribution in [3.8, 4) is 0 Å². The van der Waals surface area contributed by atoms with E-state index in [4.69, 9.17) is 5.73 Å². The molecule has 0 bridgehead atoms. The Kier molecular flexibility index (Phi) is 3.09. The molecule has 0 aliphatic carbocycles. The number of rotatable bonds is 2. The van der Waals surface area contributed by atoms with Crippen molar-refractivity contribution in [2.45, 2.75) is 12.8 Å². The van der Waals surface area contributed by atoms with Gasteiger partial charge in [0.15, 0.2) is 0 Å². The molecule has 2 rings (SSSR count). The van der Waals surface area contributed by atoms with E-state index in [2.05, 4.69) is 4.90 Å². The topological polar surface area (TPSA) is 29.3 Å². The Morgan fingerprint density at radius 1 is 1.27 bits per heavy atom. The molecule has 1 heterocycles. The van der Waals surface area contributed by atoms with Crippen molar-refractivity contribution in [1.29, 1.82) is 0 Å². The van der Waals surface area contributed by atoms with Crippen LogP contribution in [0.3, 0.4) is 0 Å². The molecule has 0 amide bonds. The summed E-state index contributed by atoms with van der Waals surface area (Å²) in [6.07, 6.45) is 1.87. The largest absolute Gasteiger partial charge is 0.397 e. The number of piperidine rings is 1. The van der Waals surface area contributed by atoms with E-state index in [9.17, 15) is 4.39 Å². The molecule has 0 atom stereocenters. The van der Waals surface area contributed by atoms with E-state index in [-0.39, 0.29) is 12.6 Å². The van der Waals surface area contributed by atoms with Gasteiger partial charge in [-0.1, -0.05) is 12.1 Å². The molecule has 15 heavy (non-hydrogen) atoms. The summed E-state index contributed by atoms with van der Waals surface area (Å²) in [5, 5.41) is 0. The van der Waals surface area contributed by atoms with E-state index in [1.165, 1.54) is 0 Å². The Balaban J connectivity index is 2.04. The number of nitrogens with two attached hydrogens (primary N) is 1. The molecule has 1 aromatic carbocycles. The van der Waals surface area contributed by atoms with E-state index >= 15 is 0 Å². The summed E-state index contributed by atoms with van der Waals surface area (Å²) in [6.45, 7) is 1.66. The second-order valence-corrected chi connectivity index (χ2v) is 4.14. The number of alkyl halides is 1. The highest BCUT2D eigenvalue weighted by Crippen LogP contribution is 2.27. The number of hydrogen-bond acceptors (Lipinski definition) is 2. The van der Waals surface area contributed by atoms with Crippen molar-refractivity contribution in [3.63, 3.8) is 0 Å². The van der Waals surface area contributed by atoms with E-state index in [1.54, 1.807) is 0 Å². The number of nitrogens with zero attached hydrogens (tertiary/aromatic N) is 1. The zero-order chi connectivity index (χ0) is 10.7. The third-order valence-corrected chi connectivity index (χ3v) is 3.11. The number of benzene rings is 1. The molecular weight excluding hydrogens is 191 g/mol. The molecule has 0 aromatic heterocycles. The third-order valence-electron chi connectivity index (χ3n) is 3.11. The highest BCUT2D eigenvalue weighted by Gasteiger charge is 2.19. The van der Waals surface area contributed by atoms with Gasteiger partial charge in [-0.2, -0.15) is 0 Å². The molecule has 2 nitrogen and oxygen atoms in total.